The topological polar surface area (TPSA) is 12.5 Å². The molecule has 0 fully saturated rings. The van der Waals surface area contributed by atoms with E-state index in [1.165, 1.54) is 17.7 Å². The molecule has 0 bridgehead atoms. The molecule has 1 aromatic carbocycles. The SMILES string of the molecule is [CH2]CCCCN1CC=C(c2ccc(OC(F)(F)F)cc2)CC1. The summed E-state index contributed by atoms with van der Waals surface area (Å²) in [7, 11) is 0. The lowest BCUT2D eigenvalue weighted by molar-refractivity contribution is -0.274. The zero-order valence-electron chi connectivity index (χ0n) is 12.5. The number of nitrogens with zero attached hydrogens (tertiary/aromatic N) is 1. The summed E-state index contributed by atoms with van der Waals surface area (Å²) in [6, 6.07) is 6.10. The molecular weight excluding hydrogens is 291 g/mol. The summed E-state index contributed by atoms with van der Waals surface area (Å²) < 4.78 is 40.3. The molecule has 1 aliphatic heterocycles. The standard InChI is InChI=1S/C17H21F3NO/c1-2-3-4-11-21-12-9-15(10-13-21)14-5-7-16(8-6-14)22-17(18,19)20/h5-9H,1-4,10-13H2. The van der Waals surface area contributed by atoms with Gasteiger partial charge in [0.25, 0.3) is 0 Å². The van der Waals surface area contributed by atoms with Crippen molar-refractivity contribution < 1.29 is 17.9 Å². The second-order valence-electron chi connectivity index (χ2n) is 5.41. The van der Waals surface area contributed by atoms with Crippen LogP contribution in [0.4, 0.5) is 13.2 Å². The fourth-order valence-corrected chi connectivity index (χ4v) is 2.56. The molecule has 0 spiro atoms. The van der Waals surface area contributed by atoms with Gasteiger partial charge >= 0.3 is 6.36 Å². The van der Waals surface area contributed by atoms with Gasteiger partial charge in [-0.1, -0.05) is 38.0 Å². The summed E-state index contributed by atoms with van der Waals surface area (Å²) >= 11 is 0. The Balaban J connectivity index is 1.90. The minimum Gasteiger partial charge on any atom is -0.406 e. The van der Waals surface area contributed by atoms with Crippen molar-refractivity contribution in [2.45, 2.75) is 32.0 Å². The minimum absolute atomic E-state index is 0.178. The molecule has 0 N–H and O–H groups in total. The van der Waals surface area contributed by atoms with Crippen LogP contribution in [0.15, 0.2) is 30.3 Å². The minimum atomic E-state index is -4.64. The Hall–Kier alpha value is -1.49. The maximum atomic E-state index is 12.1. The summed E-state index contributed by atoms with van der Waals surface area (Å²) in [5.41, 5.74) is 2.15. The van der Waals surface area contributed by atoms with Gasteiger partial charge in [0.1, 0.15) is 5.75 Å². The van der Waals surface area contributed by atoms with Crippen molar-refractivity contribution >= 4 is 5.57 Å². The highest BCUT2D eigenvalue weighted by molar-refractivity contribution is 5.67. The van der Waals surface area contributed by atoms with Crippen molar-refractivity contribution in [2.24, 2.45) is 0 Å². The summed E-state index contributed by atoms with van der Waals surface area (Å²) in [4.78, 5) is 2.39. The number of ether oxygens (including phenoxy) is 1. The van der Waals surface area contributed by atoms with Crippen LogP contribution in [0.3, 0.4) is 0 Å². The lowest BCUT2D eigenvalue weighted by Crippen LogP contribution is -2.29. The van der Waals surface area contributed by atoms with E-state index in [0.29, 0.717) is 0 Å². The average molecular weight is 312 g/mol. The van der Waals surface area contributed by atoms with Crippen LogP contribution in [-0.2, 0) is 0 Å². The number of unbranched alkanes of at least 4 members (excludes halogenated alkanes) is 2. The van der Waals surface area contributed by atoms with Crippen LogP contribution >= 0.6 is 0 Å². The molecule has 1 heterocycles. The first-order chi connectivity index (χ1) is 10.5. The van der Waals surface area contributed by atoms with Gasteiger partial charge < -0.3 is 4.74 Å². The second kappa shape index (κ2) is 7.68. The molecule has 1 aliphatic rings. The third kappa shape index (κ3) is 5.37. The Bertz CT molecular complexity index is 494. The maximum absolute atomic E-state index is 12.1. The third-order valence-corrected chi connectivity index (χ3v) is 3.73. The molecule has 22 heavy (non-hydrogen) atoms. The van der Waals surface area contributed by atoms with E-state index in [0.717, 1.165) is 50.9 Å². The predicted octanol–water partition coefficient (Wildman–Crippen LogP) is 4.68. The van der Waals surface area contributed by atoms with Crippen molar-refractivity contribution in [3.63, 3.8) is 0 Å². The Morgan fingerprint density at radius 2 is 1.86 bits per heavy atom. The largest absolute Gasteiger partial charge is 0.573 e. The van der Waals surface area contributed by atoms with Gasteiger partial charge in [-0.05, 0) is 42.7 Å². The van der Waals surface area contributed by atoms with Crippen molar-refractivity contribution in [3.8, 4) is 5.75 Å². The Morgan fingerprint density at radius 1 is 1.14 bits per heavy atom. The van der Waals surface area contributed by atoms with E-state index >= 15 is 0 Å². The highest BCUT2D eigenvalue weighted by Gasteiger charge is 2.31. The van der Waals surface area contributed by atoms with E-state index in [1.807, 2.05) is 0 Å². The van der Waals surface area contributed by atoms with Gasteiger partial charge in [0.05, 0.1) is 0 Å². The van der Waals surface area contributed by atoms with Crippen molar-refractivity contribution in [3.05, 3.63) is 42.8 Å². The van der Waals surface area contributed by atoms with Gasteiger partial charge in [0, 0.05) is 13.1 Å². The maximum Gasteiger partial charge on any atom is 0.573 e. The van der Waals surface area contributed by atoms with Crippen LogP contribution in [0.5, 0.6) is 5.75 Å². The fourth-order valence-electron chi connectivity index (χ4n) is 2.56. The molecule has 0 saturated carbocycles. The lowest BCUT2D eigenvalue weighted by atomic mass is 9.99. The molecule has 121 valence electrons. The van der Waals surface area contributed by atoms with Crippen LogP contribution in [0.2, 0.25) is 0 Å². The van der Waals surface area contributed by atoms with E-state index < -0.39 is 6.36 Å². The van der Waals surface area contributed by atoms with Crippen LogP contribution in [0.25, 0.3) is 5.57 Å². The predicted molar refractivity (Wildman–Crippen MR) is 81.4 cm³/mol. The average Bonchev–Trinajstić information content (AvgIpc) is 2.48. The number of hydrogen-bond donors (Lipinski definition) is 0. The van der Waals surface area contributed by atoms with Gasteiger partial charge in [-0.25, -0.2) is 0 Å². The Kier molecular flexibility index (Phi) is 5.89. The van der Waals surface area contributed by atoms with Crippen molar-refractivity contribution in [1.82, 2.24) is 4.90 Å². The van der Waals surface area contributed by atoms with Crippen LogP contribution in [0, 0.1) is 6.92 Å². The van der Waals surface area contributed by atoms with Crippen molar-refractivity contribution in [1.29, 1.82) is 0 Å². The number of halogens is 3. The van der Waals surface area contributed by atoms with Crippen molar-refractivity contribution in [2.75, 3.05) is 19.6 Å². The van der Waals surface area contributed by atoms with Crippen LogP contribution in [-0.4, -0.2) is 30.9 Å². The number of rotatable bonds is 6. The molecule has 0 aliphatic carbocycles. The zero-order chi connectivity index (χ0) is 16.0. The smallest absolute Gasteiger partial charge is 0.406 e. The van der Waals surface area contributed by atoms with E-state index in [4.69, 9.17) is 0 Å². The summed E-state index contributed by atoms with van der Waals surface area (Å²) in [6.07, 6.45) is 1.72. The van der Waals surface area contributed by atoms with E-state index in [2.05, 4.69) is 22.6 Å². The highest BCUT2D eigenvalue weighted by Crippen LogP contribution is 2.27. The number of benzene rings is 1. The first-order valence-electron chi connectivity index (χ1n) is 7.55. The van der Waals surface area contributed by atoms with E-state index in [-0.39, 0.29) is 5.75 Å². The lowest BCUT2D eigenvalue weighted by Gasteiger charge is -2.26. The molecule has 1 aromatic rings. The molecule has 0 atom stereocenters. The van der Waals surface area contributed by atoms with E-state index in [1.54, 1.807) is 12.1 Å². The Labute approximate surface area is 129 Å². The molecule has 1 radical (unpaired) electrons. The second-order valence-corrected chi connectivity index (χ2v) is 5.41. The van der Waals surface area contributed by atoms with Crippen LogP contribution in [0.1, 0.15) is 31.2 Å². The molecule has 0 aromatic heterocycles. The molecule has 0 amide bonds. The van der Waals surface area contributed by atoms with Gasteiger partial charge in [-0.3, -0.25) is 4.90 Å². The van der Waals surface area contributed by atoms with E-state index in [9.17, 15) is 13.2 Å². The third-order valence-electron chi connectivity index (χ3n) is 3.73. The zero-order valence-corrected chi connectivity index (χ0v) is 12.5. The van der Waals surface area contributed by atoms with Gasteiger partial charge in [-0.2, -0.15) is 0 Å². The number of alkyl halides is 3. The molecule has 2 nitrogen and oxygen atoms in total. The van der Waals surface area contributed by atoms with Gasteiger partial charge in [0.2, 0.25) is 0 Å². The van der Waals surface area contributed by atoms with Gasteiger partial charge in [-0.15, -0.1) is 13.2 Å². The highest BCUT2D eigenvalue weighted by atomic mass is 19.4. The molecular formula is C17H21F3NO. The molecule has 0 saturated heterocycles. The fraction of sp³-hybridized carbons (Fsp3) is 0.471. The monoisotopic (exact) mass is 312 g/mol. The first kappa shape index (κ1) is 16.9. The van der Waals surface area contributed by atoms with Gasteiger partial charge in [0.15, 0.2) is 0 Å². The number of hydrogen-bond acceptors (Lipinski definition) is 2. The summed E-state index contributed by atoms with van der Waals surface area (Å²) in [6.45, 7) is 6.81. The first-order valence-corrected chi connectivity index (χ1v) is 7.55. The molecule has 0 unspecified atom stereocenters. The Morgan fingerprint density at radius 3 is 2.41 bits per heavy atom. The molecule has 2 rings (SSSR count). The summed E-state index contributed by atoms with van der Waals surface area (Å²) in [5, 5.41) is 0. The normalized spacial score (nSPS) is 16.5. The summed E-state index contributed by atoms with van der Waals surface area (Å²) in [5.74, 6) is -0.178. The molecule has 5 heteroatoms. The van der Waals surface area contributed by atoms with Crippen LogP contribution < -0.4 is 4.74 Å². The quantitative estimate of drug-likeness (QED) is 0.707.